The molecule has 0 bridgehead atoms. The normalized spacial score (nSPS) is 23.0. The summed E-state index contributed by atoms with van der Waals surface area (Å²) in [4.78, 5) is 6.12. The van der Waals surface area contributed by atoms with Crippen molar-refractivity contribution in [2.45, 2.75) is 19.9 Å². The smallest absolute Gasteiger partial charge is 0.137 e. The Morgan fingerprint density at radius 2 is 2.29 bits per heavy atom. The first-order valence-electron chi connectivity index (χ1n) is 4.53. The van der Waals surface area contributed by atoms with Crippen LogP contribution < -0.4 is 5.32 Å². The van der Waals surface area contributed by atoms with Gasteiger partial charge in [0.05, 0.1) is 25.2 Å². The second kappa shape index (κ2) is 4.17. The Balaban J connectivity index is 3.02. The zero-order chi connectivity index (χ0) is 10.7. The van der Waals surface area contributed by atoms with Crippen LogP contribution in [0.4, 0.5) is 0 Å². The van der Waals surface area contributed by atoms with Gasteiger partial charge in [-0.15, -0.1) is 0 Å². The second-order valence-electron chi connectivity index (χ2n) is 3.35. The number of nitrogens with zero attached hydrogens (tertiary/aromatic N) is 2. The van der Waals surface area contributed by atoms with Crippen LogP contribution >= 0.6 is 0 Å². The van der Waals surface area contributed by atoms with Crippen molar-refractivity contribution in [2.75, 3.05) is 14.2 Å². The van der Waals surface area contributed by atoms with E-state index in [0.717, 1.165) is 11.5 Å². The van der Waals surface area contributed by atoms with E-state index in [1.165, 1.54) is 0 Å². The average molecular weight is 195 g/mol. The predicted molar refractivity (Wildman–Crippen MR) is 57.7 cm³/mol. The number of aliphatic imine (C=N–C) groups is 1. The first-order valence-corrected chi connectivity index (χ1v) is 4.53. The standard InChI is InChI=1S/C10H17N3O/c1-7-10(14-5)8(2)13(4)6-11-9(3)12-7/h6,8,12H,3H2,1-2,4-5H3/t8-/m1/s1. The van der Waals surface area contributed by atoms with Crippen molar-refractivity contribution in [2.24, 2.45) is 4.99 Å². The van der Waals surface area contributed by atoms with E-state index in [1.807, 2.05) is 18.9 Å². The Kier molecular flexibility index (Phi) is 3.17. The van der Waals surface area contributed by atoms with Gasteiger partial charge in [-0.05, 0) is 13.8 Å². The minimum absolute atomic E-state index is 0.171. The third-order valence-electron chi connectivity index (χ3n) is 2.31. The quantitative estimate of drug-likeness (QED) is 0.685. The maximum Gasteiger partial charge on any atom is 0.137 e. The summed E-state index contributed by atoms with van der Waals surface area (Å²) in [6.07, 6.45) is 1.74. The van der Waals surface area contributed by atoms with E-state index >= 15 is 0 Å². The highest BCUT2D eigenvalue weighted by atomic mass is 16.5. The molecule has 1 atom stereocenters. The lowest BCUT2D eigenvalue weighted by Gasteiger charge is -2.27. The van der Waals surface area contributed by atoms with Crippen LogP contribution in [-0.2, 0) is 4.74 Å². The largest absolute Gasteiger partial charge is 0.497 e. The van der Waals surface area contributed by atoms with E-state index in [0.29, 0.717) is 5.82 Å². The van der Waals surface area contributed by atoms with Crippen molar-refractivity contribution in [3.8, 4) is 0 Å². The second-order valence-corrected chi connectivity index (χ2v) is 3.35. The first kappa shape index (κ1) is 10.6. The van der Waals surface area contributed by atoms with Gasteiger partial charge in [0.15, 0.2) is 0 Å². The molecule has 78 valence electrons. The average Bonchev–Trinajstić information content (AvgIpc) is 2.13. The van der Waals surface area contributed by atoms with Crippen LogP contribution in [-0.4, -0.2) is 31.4 Å². The molecule has 0 aliphatic carbocycles. The fraction of sp³-hybridized carbons (Fsp3) is 0.500. The Hall–Kier alpha value is -1.45. The lowest BCUT2D eigenvalue weighted by Crippen LogP contribution is -2.34. The van der Waals surface area contributed by atoms with E-state index in [1.54, 1.807) is 13.4 Å². The van der Waals surface area contributed by atoms with Gasteiger partial charge in [0.2, 0.25) is 0 Å². The van der Waals surface area contributed by atoms with Crippen LogP contribution in [0.3, 0.4) is 0 Å². The maximum absolute atomic E-state index is 5.34. The number of hydrogen-bond donors (Lipinski definition) is 1. The van der Waals surface area contributed by atoms with Crippen molar-refractivity contribution in [3.05, 3.63) is 23.9 Å². The lowest BCUT2D eigenvalue weighted by atomic mass is 10.2. The molecule has 0 unspecified atom stereocenters. The molecule has 1 heterocycles. The Bertz CT molecular complexity index is 294. The van der Waals surface area contributed by atoms with Crippen molar-refractivity contribution < 1.29 is 4.74 Å². The highest BCUT2D eigenvalue weighted by Gasteiger charge is 2.17. The summed E-state index contributed by atoms with van der Waals surface area (Å²) in [5, 5.41) is 3.07. The Morgan fingerprint density at radius 3 is 2.86 bits per heavy atom. The van der Waals surface area contributed by atoms with Gasteiger partial charge >= 0.3 is 0 Å². The van der Waals surface area contributed by atoms with E-state index in [2.05, 4.69) is 23.8 Å². The fourth-order valence-electron chi connectivity index (χ4n) is 1.39. The van der Waals surface area contributed by atoms with Gasteiger partial charge in [0.25, 0.3) is 0 Å². The summed E-state index contributed by atoms with van der Waals surface area (Å²) in [7, 11) is 3.63. The minimum Gasteiger partial charge on any atom is -0.497 e. The first-order chi connectivity index (χ1) is 6.56. The topological polar surface area (TPSA) is 36.9 Å². The maximum atomic E-state index is 5.34. The Morgan fingerprint density at radius 1 is 1.64 bits per heavy atom. The van der Waals surface area contributed by atoms with Gasteiger partial charge < -0.3 is 15.0 Å². The summed E-state index contributed by atoms with van der Waals surface area (Å²) in [6, 6.07) is 0.171. The van der Waals surface area contributed by atoms with E-state index in [4.69, 9.17) is 4.74 Å². The number of methoxy groups -OCH3 is 1. The molecule has 14 heavy (non-hydrogen) atoms. The van der Waals surface area contributed by atoms with Crippen molar-refractivity contribution in [1.82, 2.24) is 10.2 Å². The summed E-state index contributed by atoms with van der Waals surface area (Å²) < 4.78 is 5.34. The molecule has 0 spiro atoms. The molecular weight excluding hydrogens is 178 g/mol. The van der Waals surface area contributed by atoms with E-state index in [-0.39, 0.29) is 6.04 Å². The molecule has 1 rings (SSSR count). The molecule has 0 saturated carbocycles. The molecule has 0 fully saturated rings. The molecule has 4 heteroatoms. The third-order valence-corrected chi connectivity index (χ3v) is 2.31. The van der Waals surface area contributed by atoms with Crippen molar-refractivity contribution >= 4 is 6.34 Å². The Labute approximate surface area is 85.0 Å². The molecule has 0 aromatic heterocycles. The molecule has 4 nitrogen and oxygen atoms in total. The van der Waals surface area contributed by atoms with Gasteiger partial charge in [-0.25, -0.2) is 4.99 Å². The molecule has 1 aliphatic rings. The molecule has 0 saturated heterocycles. The SMILES string of the molecule is C=C1N=CN(C)[C@H](C)C(OC)=C(C)N1. The van der Waals surface area contributed by atoms with Gasteiger partial charge in [-0.2, -0.15) is 0 Å². The van der Waals surface area contributed by atoms with Crippen LogP contribution in [0.2, 0.25) is 0 Å². The van der Waals surface area contributed by atoms with Crippen molar-refractivity contribution in [1.29, 1.82) is 0 Å². The van der Waals surface area contributed by atoms with Gasteiger partial charge in [0.1, 0.15) is 11.6 Å². The minimum atomic E-state index is 0.171. The predicted octanol–water partition coefficient (Wildman–Crippen LogP) is 1.29. The molecule has 1 aliphatic heterocycles. The van der Waals surface area contributed by atoms with Gasteiger partial charge in [-0.3, -0.25) is 0 Å². The zero-order valence-corrected chi connectivity index (χ0v) is 9.16. The molecule has 0 amide bonds. The van der Waals surface area contributed by atoms with Crippen LogP contribution in [0, 0.1) is 0 Å². The highest BCUT2D eigenvalue weighted by molar-refractivity contribution is 5.58. The number of rotatable bonds is 1. The number of nitrogens with one attached hydrogen (secondary N) is 1. The van der Waals surface area contributed by atoms with E-state index in [9.17, 15) is 0 Å². The summed E-state index contributed by atoms with van der Waals surface area (Å²) >= 11 is 0. The molecule has 0 aromatic rings. The molecular formula is C10H17N3O. The van der Waals surface area contributed by atoms with Crippen LogP contribution in [0.1, 0.15) is 13.8 Å². The molecule has 0 radical (unpaired) electrons. The van der Waals surface area contributed by atoms with Crippen LogP contribution in [0.15, 0.2) is 28.8 Å². The van der Waals surface area contributed by atoms with Gasteiger partial charge in [0, 0.05) is 7.05 Å². The summed E-state index contributed by atoms with van der Waals surface area (Å²) in [6.45, 7) is 7.78. The van der Waals surface area contributed by atoms with Crippen molar-refractivity contribution in [3.63, 3.8) is 0 Å². The zero-order valence-electron chi connectivity index (χ0n) is 9.16. The fourth-order valence-corrected chi connectivity index (χ4v) is 1.39. The van der Waals surface area contributed by atoms with E-state index < -0.39 is 0 Å². The molecule has 0 aromatic carbocycles. The molecule has 1 N–H and O–H groups in total. The number of ether oxygens (including phenoxy) is 1. The number of hydrogen-bond acceptors (Lipinski definition) is 4. The summed E-state index contributed by atoms with van der Waals surface area (Å²) in [5.74, 6) is 1.52. The number of allylic oxidation sites excluding steroid dienone is 1. The lowest BCUT2D eigenvalue weighted by molar-refractivity contribution is 0.221. The number of likely N-dealkylation sites (N-methyl/N-ethyl adjacent to an activating group) is 1. The van der Waals surface area contributed by atoms with Crippen LogP contribution in [0.5, 0.6) is 0 Å². The summed E-state index contributed by atoms with van der Waals surface area (Å²) in [5.41, 5.74) is 0.953. The third kappa shape index (κ3) is 2.07. The highest BCUT2D eigenvalue weighted by Crippen LogP contribution is 2.14. The van der Waals surface area contributed by atoms with Crippen LogP contribution in [0.25, 0.3) is 0 Å². The monoisotopic (exact) mass is 195 g/mol. The van der Waals surface area contributed by atoms with Gasteiger partial charge in [-0.1, -0.05) is 6.58 Å².